The molecule has 1 N–H and O–H groups in total. The molecule has 3 rings (SSSR count). The summed E-state index contributed by atoms with van der Waals surface area (Å²) in [6, 6.07) is 0. The topological polar surface area (TPSA) is 58.4 Å². The van der Waals surface area contributed by atoms with E-state index < -0.39 is 0 Å². The second-order valence-electron chi connectivity index (χ2n) is 6.49. The van der Waals surface area contributed by atoms with E-state index in [0.29, 0.717) is 31.3 Å². The molecule has 5 nitrogen and oxygen atoms in total. The van der Waals surface area contributed by atoms with Gasteiger partial charge in [0.15, 0.2) is 0 Å². The van der Waals surface area contributed by atoms with Crippen molar-refractivity contribution in [2.45, 2.75) is 51.7 Å². The largest absolute Gasteiger partial charge is 0.391 e. The SMILES string of the molecule is CC(C)Cn1ncc(C(=O)N2CC[C@H](O)C2)c1C1CC1. The van der Waals surface area contributed by atoms with Gasteiger partial charge in [-0.2, -0.15) is 5.10 Å². The molecule has 1 aliphatic heterocycles. The summed E-state index contributed by atoms with van der Waals surface area (Å²) >= 11 is 0. The summed E-state index contributed by atoms with van der Waals surface area (Å²) in [7, 11) is 0. The average molecular weight is 277 g/mol. The minimum absolute atomic E-state index is 0.0402. The summed E-state index contributed by atoms with van der Waals surface area (Å²) in [6.07, 6.45) is 4.36. The Bertz CT molecular complexity index is 505. The summed E-state index contributed by atoms with van der Waals surface area (Å²) < 4.78 is 2.02. The fraction of sp³-hybridized carbons (Fsp3) is 0.733. The quantitative estimate of drug-likeness (QED) is 0.910. The van der Waals surface area contributed by atoms with Crippen LogP contribution in [0.5, 0.6) is 0 Å². The number of rotatable bonds is 4. The van der Waals surface area contributed by atoms with Crippen molar-refractivity contribution >= 4 is 5.91 Å². The zero-order chi connectivity index (χ0) is 14.3. The third kappa shape index (κ3) is 2.59. The zero-order valence-electron chi connectivity index (χ0n) is 12.2. The lowest BCUT2D eigenvalue weighted by atomic mass is 10.1. The van der Waals surface area contributed by atoms with Crippen LogP contribution < -0.4 is 0 Å². The van der Waals surface area contributed by atoms with Gasteiger partial charge in [-0.25, -0.2) is 0 Å². The van der Waals surface area contributed by atoms with Gasteiger partial charge in [0.2, 0.25) is 0 Å². The van der Waals surface area contributed by atoms with Crippen molar-refractivity contribution in [3.05, 3.63) is 17.5 Å². The number of hydrogen-bond donors (Lipinski definition) is 1. The number of aromatic nitrogens is 2. The van der Waals surface area contributed by atoms with E-state index in [0.717, 1.165) is 30.6 Å². The minimum Gasteiger partial charge on any atom is -0.391 e. The second-order valence-corrected chi connectivity index (χ2v) is 6.49. The smallest absolute Gasteiger partial charge is 0.257 e. The van der Waals surface area contributed by atoms with Gasteiger partial charge in [-0.15, -0.1) is 0 Å². The lowest BCUT2D eigenvalue weighted by molar-refractivity contribution is 0.0763. The van der Waals surface area contributed by atoms with E-state index in [4.69, 9.17) is 0 Å². The molecule has 0 aromatic carbocycles. The molecule has 1 saturated heterocycles. The highest BCUT2D eigenvalue weighted by molar-refractivity contribution is 5.95. The van der Waals surface area contributed by atoms with Crippen LogP contribution in [0.15, 0.2) is 6.20 Å². The molecule has 1 amide bonds. The summed E-state index contributed by atoms with van der Waals surface area (Å²) in [4.78, 5) is 14.4. The maximum absolute atomic E-state index is 12.6. The Labute approximate surface area is 119 Å². The third-order valence-electron chi connectivity index (χ3n) is 4.06. The lowest BCUT2D eigenvalue weighted by Gasteiger charge is -2.16. The molecular formula is C15H23N3O2. The van der Waals surface area contributed by atoms with Crippen molar-refractivity contribution in [3.8, 4) is 0 Å². The van der Waals surface area contributed by atoms with E-state index in [-0.39, 0.29) is 12.0 Å². The number of amides is 1. The molecule has 0 radical (unpaired) electrons. The molecule has 2 heterocycles. The molecule has 1 atom stereocenters. The van der Waals surface area contributed by atoms with Crippen molar-refractivity contribution in [1.29, 1.82) is 0 Å². The average Bonchev–Trinajstić information content (AvgIpc) is 3.00. The van der Waals surface area contributed by atoms with Gasteiger partial charge in [-0.1, -0.05) is 13.8 Å². The van der Waals surface area contributed by atoms with Crippen molar-refractivity contribution < 1.29 is 9.90 Å². The van der Waals surface area contributed by atoms with E-state index in [2.05, 4.69) is 18.9 Å². The van der Waals surface area contributed by atoms with E-state index >= 15 is 0 Å². The van der Waals surface area contributed by atoms with Crippen LogP contribution in [-0.4, -0.2) is 44.9 Å². The van der Waals surface area contributed by atoms with Crippen LogP contribution in [0.3, 0.4) is 0 Å². The number of carbonyl (C=O) groups is 1. The summed E-state index contributed by atoms with van der Waals surface area (Å²) in [6.45, 7) is 6.30. The number of aliphatic hydroxyl groups excluding tert-OH is 1. The molecular weight excluding hydrogens is 254 g/mol. The maximum Gasteiger partial charge on any atom is 0.257 e. The monoisotopic (exact) mass is 277 g/mol. The number of carbonyl (C=O) groups excluding carboxylic acids is 1. The normalized spacial score (nSPS) is 22.8. The minimum atomic E-state index is -0.367. The van der Waals surface area contributed by atoms with Gasteiger partial charge in [-0.05, 0) is 25.2 Å². The van der Waals surface area contributed by atoms with Gasteiger partial charge < -0.3 is 10.0 Å². The van der Waals surface area contributed by atoms with Crippen LogP contribution in [0.1, 0.15) is 55.1 Å². The second kappa shape index (κ2) is 5.20. The van der Waals surface area contributed by atoms with E-state index in [1.807, 2.05) is 4.68 Å². The lowest BCUT2D eigenvalue weighted by Crippen LogP contribution is -2.30. The Hall–Kier alpha value is -1.36. The molecule has 1 aromatic heterocycles. The van der Waals surface area contributed by atoms with Gasteiger partial charge >= 0.3 is 0 Å². The van der Waals surface area contributed by atoms with Gasteiger partial charge in [0, 0.05) is 25.6 Å². The first-order valence-corrected chi connectivity index (χ1v) is 7.59. The molecule has 1 saturated carbocycles. The third-order valence-corrected chi connectivity index (χ3v) is 4.06. The standard InChI is InChI=1S/C15H23N3O2/c1-10(2)8-18-14(11-3-4-11)13(7-16-18)15(20)17-6-5-12(19)9-17/h7,10-12,19H,3-6,8-9H2,1-2H3/t12-/m0/s1. The van der Waals surface area contributed by atoms with Crippen molar-refractivity contribution in [2.75, 3.05) is 13.1 Å². The van der Waals surface area contributed by atoms with Gasteiger partial charge in [0.05, 0.1) is 23.6 Å². The fourth-order valence-corrected chi connectivity index (χ4v) is 2.94. The van der Waals surface area contributed by atoms with Crippen LogP contribution >= 0.6 is 0 Å². The van der Waals surface area contributed by atoms with Crippen molar-refractivity contribution in [1.82, 2.24) is 14.7 Å². The molecule has 0 bridgehead atoms. The number of likely N-dealkylation sites (tertiary alicyclic amines) is 1. The van der Waals surface area contributed by atoms with Crippen molar-refractivity contribution in [2.24, 2.45) is 5.92 Å². The molecule has 0 unspecified atom stereocenters. The highest BCUT2D eigenvalue weighted by Gasteiger charge is 2.35. The first-order valence-electron chi connectivity index (χ1n) is 7.59. The highest BCUT2D eigenvalue weighted by Crippen LogP contribution is 2.42. The fourth-order valence-electron chi connectivity index (χ4n) is 2.94. The molecule has 110 valence electrons. The zero-order valence-corrected chi connectivity index (χ0v) is 12.2. The van der Waals surface area contributed by atoms with Crippen LogP contribution in [0.4, 0.5) is 0 Å². The van der Waals surface area contributed by atoms with Crippen molar-refractivity contribution in [3.63, 3.8) is 0 Å². The molecule has 1 aromatic rings. The van der Waals surface area contributed by atoms with E-state index in [1.54, 1.807) is 11.1 Å². The predicted molar refractivity (Wildman–Crippen MR) is 75.6 cm³/mol. The Balaban J connectivity index is 1.85. The van der Waals surface area contributed by atoms with Crippen LogP contribution in [0.25, 0.3) is 0 Å². The molecule has 1 aliphatic carbocycles. The predicted octanol–water partition coefficient (Wildman–Crippen LogP) is 1.62. The maximum atomic E-state index is 12.6. The highest BCUT2D eigenvalue weighted by atomic mass is 16.3. The van der Waals surface area contributed by atoms with Gasteiger partial charge in [-0.3, -0.25) is 9.48 Å². The molecule has 2 fully saturated rings. The van der Waals surface area contributed by atoms with Gasteiger partial charge in [0.1, 0.15) is 0 Å². The van der Waals surface area contributed by atoms with Crippen LogP contribution in [-0.2, 0) is 6.54 Å². The first-order chi connectivity index (χ1) is 9.56. The summed E-state index contributed by atoms with van der Waals surface area (Å²) in [5.41, 5.74) is 1.87. The van der Waals surface area contributed by atoms with E-state index in [9.17, 15) is 9.90 Å². The molecule has 5 heteroatoms. The number of aliphatic hydroxyl groups is 1. The Kier molecular flexibility index (Phi) is 3.54. The molecule has 2 aliphatic rings. The van der Waals surface area contributed by atoms with E-state index in [1.165, 1.54) is 0 Å². The Morgan fingerprint density at radius 3 is 2.75 bits per heavy atom. The summed E-state index contributed by atoms with van der Waals surface area (Å²) in [5.74, 6) is 1.06. The van der Waals surface area contributed by atoms with Gasteiger partial charge in [0.25, 0.3) is 5.91 Å². The summed E-state index contributed by atoms with van der Waals surface area (Å²) in [5, 5.41) is 14.0. The first kappa shape index (κ1) is 13.6. The number of nitrogens with zero attached hydrogens (tertiary/aromatic N) is 3. The number of β-amino-alcohol motifs (C(OH)–C–C–N with tert-alkyl or cyclic N) is 1. The molecule has 0 spiro atoms. The molecule has 20 heavy (non-hydrogen) atoms. The van der Waals surface area contributed by atoms with Crippen LogP contribution in [0.2, 0.25) is 0 Å². The number of hydrogen-bond acceptors (Lipinski definition) is 3. The Morgan fingerprint density at radius 1 is 1.45 bits per heavy atom. The Morgan fingerprint density at radius 2 is 2.20 bits per heavy atom. The van der Waals surface area contributed by atoms with Crippen LogP contribution in [0, 0.1) is 5.92 Å².